The van der Waals surface area contributed by atoms with Crippen molar-refractivity contribution >= 4 is 47.6 Å². The zero-order chi connectivity index (χ0) is 22.9. The van der Waals surface area contributed by atoms with Crippen molar-refractivity contribution < 1.29 is 18.7 Å². The van der Waals surface area contributed by atoms with Gasteiger partial charge in [-0.2, -0.15) is 0 Å². The molecule has 0 atom stereocenters. The van der Waals surface area contributed by atoms with Crippen molar-refractivity contribution in [3.8, 4) is 0 Å². The third kappa shape index (κ3) is 10.0. The predicted octanol–water partition coefficient (Wildman–Crippen LogP) is 3.64. The molecule has 2 aromatic rings. The van der Waals surface area contributed by atoms with Crippen molar-refractivity contribution in [1.82, 2.24) is 10.6 Å². The van der Waals surface area contributed by atoms with Crippen molar-refractivity contribution in [3.05, 3.63) is 53.5 Å². The first-order chi connectivity index (χ1) is 14.7. The monoisotopic (exact) mass is 557 g/mol. The third-order valence-corrected chi connectivity index (χ3v) is 3.95. The molecule has 5 N–H and O–H groups in total. The SMILES string of the molecule is CCNC(=NCc1ccc(C(N)=O)o1)NCCc1ccc(NC(=O)OC(C)(C)C)cc1.I. The minimum Gasteiger partial charge on any atom is -0.454 e. The molecule has 176 valence electrons. The summed E-state index contributed by atoms with van der Waals surface area (Å²) >= 11 is 0. The van der Waals surface area contributed by atoms with Crippen molar-refractivity contribution in [2.75, 3.05) is 18.4 Å². The molecule has 0 aliphatic carbocycles. The highest BCUT2D eigenvalue weighted by atomic mass is 127. The van der Waals surface area contributed by atoms with Gasteiger partial charge in [0.1, 0.15) is 17.9 Å². The van der Waals surface area contributed by atoms with Gasteiger partial charge in [-0.1, -0.05) is 12.1 Å². The van der Waals surface area contributed by atoms with Crippen LogP contribution in [0.1, 0.15) is 49.6 Å². The van der Waals surface area contributed by atoms with Crippen LogP contribution in [0, 0.1) is 0 Å². The Balaban J connectivity index is 0.00000512. The number of guanidine groups is 1. The maximum absolute atomic E-state index is 11.8. The van der Waals surface area contributed by atoms with Gasteiger partial charge in [0.25, 0.3) is 5.91 Å². The minimum absolute atomic E-state index is 0. The van der Waals surface area contributed by atoms with Crippen molar-refractivity contribution in [1.29, 1.82) is 0 Å². The van der Waals surface area contributed by atoms with E-state index in [-0.39, 0.29) is 36.3 Å². The van der Waals surface area contributed by atoms with E-state index in [4.69, 9.17) is 14.9 Å². The Hall–Kier alpha value is -2.76. The lowest BCUT2D eigenvalue weighted by atomic mass is 10.1. The quantitative estimate of drug-likeness (QED) is 0.223. The molecule has 0 aliphatic rings. The number of rotatable bonds is 8. The van der Waals surface area contributed by atoms with Crippen molar-refractivity contribution in [2.45, 2.75) is 46.3 Å². The van der Waals surface area contributed by atoms with Gasteiger partial charge in [-0.15, -0.1) is 24.0 Å². The molecule has 1 aromatic carbocycles. The molecule has 2 rings (SSSR count). The molecular weight excluding hydrogens is 525 g/mol. The second-order valence-electron chi connectivity index (χ2n) is 7.83. The summed E-state index contributed by atoms with van der Waals surface area (Å²) in [5.74, 6) is 0.710. The fraction of sp³-hybridized carbons (Fsp3) is 0.409. The number of nitrogens with one attached hydrogen (secondary N) is 3. The van der Waals surface area contributed by atoms with E-state index in [0.29, 0.717) is 30.5 Å². The second-order valence-corrected chi connectivity index (χ2v) is 7.83. The summed E-state index contributed by atoms with van der Waals surface area (Å²) < 4.78 is 10.6. The van der Waals surface area contributed by atoms with E-state index in [1.165, 1.54) is 6.07 Å². The van der Waals surface area contributed by atoms with Crippen LogP contribution in [0.25, 0.3) is 0 Å². The van der Waals surface area contributed by atoms with Crippen LogP contribution >= 0.6 is 24.0 Å². The molecule has 0 radical (unpaired) electrons. The molecule has 9 nitrogen and oxygen atoms in total. The summed E-state index contributed by atoms with van der Waals surface area (Å²) in [6.07, 6.45) is 0.289. The zero-order valence-electron chi connectivity index (χ0n) is 18.9. The lowest BCUT2D eigenvalue weighted by Gasteiger charge is -2.19. The molecule has 1 aromatic heterocycles. The van der Waals surface area contributed by atoms with Crippen LogP contribution in [-0.4, -0.2) is 36.7 Å². The lowest BCUT2D eigenvalue weighted by Crippen LogP contribution is -2.38. The number of halogens is 1. The number of hydrogen-bond donors (Lipinski definition) is 4. The number of amides is 2. The highest BCUT2D eigenvalue weighted by Crippen LogP contribution is 2.13. The first kappa shape index (κ1) is 27.3. The van der Waals surface area contributed by atoms with Crippen LogP contribution in [0.15, 0.2) is 45.8 Å². The number of aliphatic imine (C=N–C) groups is 1. The van der Waals surface area contributed by atoms with Crippen molar-refractivity contribution in [2.24, 2.45) is 10.7 Å². The number of ether oxygens (including phenoxy) is 1. The van der Waals surface area contributed by atoms with E-state index in [0.717, 1.165) is 12.0 Å². The molecular formula is C22H32IN5O4. The van der Waals surface area contributed by atoms with Gasteiger partial charge in [0, 0.05) is 18.8 Å². The highest BCUT2D eigenvalue weighted by Gasteiger charge is 2.16. The van der Waals surface area contributed by atoms with E-state index in [2.05, 4.69) is 20.9 Å². The molecule has 1 heterocycles. The lowest BCUT2D eigenvalue weighted by molar-refractivity contribution is 0.0635. The Kier molecular flexibility index (Phi) is 11.0. The molecule has 0 saturated carbocycles. The first-order valence-electron chi connectivity index (χ1n) is 10.2. The van der Waals surface area contributed by atoms with Crippen LogP contribution in [0.5, 0.6) is 0 Å². The number of hydrogen-bond acceptors (Lipinski definition) is 5. The van der Waals surface area contributed by atoms with E-state index >= 15 is 0 Å². The van der Waals surface area contributed by atoms with Crippen molar-refractivity contribution in [3.63, 3.8) is 0 Å². The Bertz CT molecular complexity index is 904. The van der Waals surface area contributed by atoms with Crippen LogP contribution in [0.4, 0.5) is 10.5 Å². The van der Waals surface area contributed by atoms with Crippen LogP contribution in [0.3, 0.4) is 0 Å². The van der Waals surface area contributed by atoms with E-state index < -0.39 is 17.6 Å². The number of furan rings is 1. The van der Waals surface area contributed by atoms with Gasteiger partial charge in [0.2, 0.25) is 0 Å². The number of anilines is 1. The number of benzene rings is 1. The second kappa shape index (κ2) is 12.9. The number of primary amides is 1. The Morgan fingerprint density at radius 3 is 2.34 bits per heavy atom. The fourth-order valence-electron chi connectivity index (χ4n) is 2.60. The maximum Gasteiger partial charge on any atom is 0.412 e. The van der Waals surface area contributed by atoms with Gasteiger partial charge in [-0.25, -0.2) is 9.79 Å². The maximum atomic E-state index is 11.8. The van der Waals surface area contributed by atoms with Gasteiger partial charge in [0.15, 0.2) is 11.7 Å². The molecule has 0 fully saturated rings. The van der Waals surface area contributed by atoms with Gasteiger partial charge in [0.05, 0.1) is 0 Å². The Labute approximate surface area is 205 Å². The first-order valence-corrected chi connectivity index (χ1v) is 10.2. The Morgan fingerprint density at radius 2 is 1.78 bits per heavy atom. The summed E-state index contributed by atoms with van der Waals surface area (Å²) in [4.78, 5) is 27.4. The van der Waals surface area contributed by atoms with Crippen LogP contribution < -0.4 is 21.7 Å². The van der Waals surface area contributed by atoms with Gasteiger partial charge in [-0.3, -0.25) is 10.1 Å². The van der Waals surface area contributed by atoms with E-state index in [1.54, 1.807) is 6.07 Å². The van der Waals surface area contributed by atoms with E-state index in [1.807, 2.05) is 52.0 Å². The molecule has 32 heavy (non-hydrogen) atoms. The van der Waals surface area contributed by atoms with Gasteiger partial charge < -0.3 is 25.5 Å². The standard InChI is InChI=1S/C22H31N5O4.HI/c1-5-24-20(26-14-17-10-11-18(30-17)19(23)28)25-13-12-15-6-8-16(9-7-15)27-21(29)31-22(2,3)4;/h6-11H,5,12-14H2,1-4H3,(H2,23,28)(H,27,29)(H2,24,25,26);1H. The number of nitrogens with zero attached hydrogens (tertiary/aromatic N) is 1. The van der Waals surface area contributed by atoms with Crippen LogP contribution in [-0.2, 0) is 17.7 Å². The smallest absolute Gasteiger partial charge is 0.412 e. The molecule has 0 unspecified atom stereocenters. The molecule has 0 spiro atoms. The highest BCUT2D eigenvalue weighted by molar-refractivity contribution is 14.0. The summed E-state index contributed by atoms with van der Waals surface area (Å²) in [5, 5.41) is 9.13. The molecule has 0 saturated heterocycles. The van der Waals surface area contributed by atoms with Crippen LogP contribution in [0.2, 0.25) is 0 Å². The third-order valence-electron chi connectivity index (χ3n) is 3.95. The average Bonchev–Trinajstić information content (AvgIpc) is 3.15. The minimum atomic E-state index is -0.604. The summed E-state index contributed by atoms with van der Waals surface area (Å²) in [6.45, 7) is 9.10. The number of carbonyl (C=O) groups excluding carboxylic acids is 2. The summed E-state index contributed by atoms with van der Waals surface area (Å²) in [5.41, 5.74) is 6.43. The molecule has 0 aliphatic heterocycles. The number of nitrogens with two attached hydrogens (primary N) is 1. The largest absolute Gasteiger partial charge is 0.454 e. The Morgan fingerprint density at radius 1 is 1.09 bits per heavy atom. The van der Waals surface area contributed by atoms with Gasteiger partial charge >= 0.3 is 6.09 Å². The summed E-state index contributed by atoms with van der Waals surface area (Å²) in [6, 6.07) is 10.8. The zero-order valence-corrected chi connectivity index (χ0v) is 21.2. The number of carbonyl (C=O) groups is 2. The van der Waals surface area contributed by atoms with E-state index in [9.17, 15) is 9.59 Å². The predicted molar refractivity (Wildman–Crippen MR) is 135 cm³/mol. The molecule has 10 heteroatoms. The molecule has 0 bridgehead atoms. The average molecular weight is 557 g/mol. The molecule has 2 amide bonds. The fourth-order valence-corrected chi connectivity index (χ4v) is 2.60. The summed E-state index contributed by atoms with van der Waals surface area (Å²) in [7, 11) is 0. The van der Waals surface area contributed by atoms with Gasteiger partial charge in [-0.05, 0) is 63.9 Å². The normalized spacial score (nSPS) is 11.3. The topological polar surface area (TPSA) is 131 Å².